The van der Waals surface area contributed by atoms with E-state index in [2.05, 4.69) is 12.1 Å². The highest BCUT2D eigenvalue weighted by atomic mass is 35.5. The number of ether oxygens (including phenoxy) is 1. The van der Waals surface area contributed by atoms with Gasteiger partial charge in [-0.3, -0.25) is 0 Å². The molecule has 0 bridgehead atoms. The summed E-state index contributed by atoms with van der Waals surface area (Å²) in [5.41, 5.74) is 2.69. The van der Waals surface area contributed by atoms with Crippen LogP contribution in [0.25, 0.3) is 0 Å². The van der Waals surface area contributed by atoms with Crippen molar-refractivity contribution in [3.8, 4) is 5.75 Å². The Labute approximate surface area is 89.5 Å². The van der Waals surface area contributed by atoms with Crippen LogP contribution in [-0.2, 0) is 13.0 Å². The van der Waals surface area contributed by atoms with Crippen molar-refractivity contribution in [3.05, 3.63) is 29.3 Å². The molecule has 1 aliphatic rings. The van der Waals surface area contributed by atoms with Gasteiger partial charge in [-0.1, -0.05) is 6.07 Å². The maximum Gasteiger partial charge on any atom is 0.119 e. The fourth-order valence-corrected chi connectivity index (χ4v) is 2.07. The van der Waals surface area contributed by atoms with Crippen molar-refractivity contribution in [3.63, 3.8) is 0 Å². The van der Waals surface area contributed by atoms with Crippen molar-refractivity contribution in [2.45, 2.75) is 19.4 Å². The standard InChI is InChI=1S/C11H14ClNO/c1-14-11-5-4-9-3-2-6-13(12)8-10(9)7-11/h4-5,7H,2-3,6,8H2,1H3. The zero-order chi connectivity index (χ0) is 9.97. The number of halogens is 1. The minimum absolute atomic E-state index is 0.814. The first-order valence-electron chi connectivity index (χ1n) is 4.86. The van der Waals surface area contributed by atoms with Gasteiger partial charge in [0, 0.05) is 13.1 Å². The molecule has 3 heteroatoms. The van der Waals surface area contributed by atoms with Crippen molar-refractivity contribution in [2.24, 2.45) is 0 Å². The zero-order valence-corrected chi connectivity index (χ0v) is 9.05. The molecule has 2 nitrogen and oxygen atoms in total. The van der Waals surface area contributed by atoms with Crippen LogP contribution in [0.1, 0.15) is 17.5 Å². The summed E-state index contributed by atoms with van der Waals surface area (Å²) < 4.78 is 7.03. The second-order valence-corrected chi connectivity index (χ2v) is 4.06. The Morgan fingerprint density at radius 1 is 1.36 bits per heavy atom. The van der Waals surface area contributed by atoms with Gasteiger partial charge in [-0.05, 0) is 47.9 Å². The van der Waals surface area contributed by atoms with Gasteiger partial charge in [0.15, 0.2) is 0 Å². The van der Waals surface area contributed by atoms with Gasteiger partial charge in [0.05, 0.1) is 7.11 Å². The first-order valence-corrected chi connectivity index (χ1v) is 5.20. The van der Waals surface area contributed by atoms with Crippen molar-refractivity contribution in [1.29, 1.82) is 0 Å². The van der Waals surface area contributed by atoms with Gasteiger partial charge in [-0.15, -0.1) is 0 Å². The lowest BCUT2D eigenvalue weighted by atomic mass is 10.0. The molecular formula is C11H14ClNO. The Morgan fingerprint density at radius 2 is 2.21 bits per heavy atom. The van der Waals surface area contributed by atoms with E-state index in [-0.39, 0.29) is 0 Å². The first kappa shape index (κ1) is 9.81. The fourth-order valence-electron chi connectivity index (χ4n) is 1.83. The highest BCUT2D eigenvalue weighted by molar-refractivity contribution is 6.13. The topological polar surface area (TPSA) is 12.5 Å². The summed E-state index contributed by atoms with van der Waals surface area (Å²) in [6.07, 6.45) is 2.24. The van der Waals surface area contributed by atoms with Crippen molar-refractivity contribution < 1.29 is 4.74 Å². The Balaban J connectivity index is 2.32. The molecule has 14 heavy (non-hydrogen) atoms. The third-order valence-corrected chi connectivity index (χ3v) is 2.89. The third kappa shape index (κ3) is 2.02. The average Bonchev–Trinajstić information content (AvgIpc) is 2.37. The second kappa shape index (κ2) is 4.20. The van der Waals surface area contributed by atoms with E-state index in [1.807, 2.05) is 10.5 Å². The molecule has 0 spiro atoms. The first-order chi connectivity index (χ1) is 6.79. The van der Waals surface area contributed by atoms with E-state index in [0.29, 0.717) is 0 Å². The Hall–Kier alpha value is -0.730. The lowest BCUT2D eigenvalue weighted by Crippen LogP contribution is -2.10. The highest BCUT2D eigenvalue weighted by Gasteiger charge is 2.12. The molecule has 0 amide bonds. The van der Waals surface area contributed by atoms with E-state index in [4.69, 9.17) is 16.5 Å². The molecule has 0 atom stereocenters. The summed E-state index contributed by atoms with van der Waals surface area (Å²) in [5, 5.41) is 0. The monoisotopic (exact) mass is 211 g/mol. The summed E-state index contributed by atoms with van der Waals surface area (Å²) in [7, 11) is 1.69. The number of benzene rings is 1. The van der Waals surface area contributed by atoms with Crippen molar-refractivity contribution in [2.75, 3.05) is 13.7 Å². The Morgan fingerprint density at radius 3 is 3.00 bits per heavy atom. The predicted molar refractivity (Wildman–Crippen MR) is 57.6 cm³/mol. The molecular weight excluding hydrogens is 198 g/mol. The number of rotatable bonds is 1. The molecule has 0 aliphatic carbocycles. The summed E-state index contributed by atoms with van der Waals surface area (Å²) in [6.45, 7) is 1.77. The van der Waals surface area contributed by atoms with Crippen LogP contribution < -0.4 is 4.74 Å². The molecule has 0 radical (unpaired) electrons. The van der Waals surface area contributed by atoms with Gasteiger partial charge in [-0.25, -0.2) is 4.42 Å². The maximum absolute atomic E-state index is 6.04. The number of aryl methyl sites for hydroxylation is 1. The van der Waals surface area contributed by atoms with Gasteiger partial charge >= 0.3 is 0 Å². The number of nitrogens with zero attached hydrogens (tertiary/aromatic N) is 1. The molecule has 0 saturated heterocycles. The van der Waals surface area contributed by atoms with Gasteiger partial charge in [0.1, 0.15) is 5.75 Å². The Bertz CT molecular complexity index is 327. The summed E-state index contributed by atoms with van der Waals surface area (Å²) in [4.78, 5) is 0. The molecule has 1 aromatic rings. The fraction of sp³-hybridized carbons (Fsp3) is 0.455. The quantitative estimate of drug-likeness (QED) is 0.663. The van der Waals surface area contributed by atoms with Crippen LogP contribution in [0.5, 0.6) is 5.75 Å². The van der Waals surface area contributed by atoms with Gasteiger partial charge in [-0.2, -0.15) is 0 Å². The van der Waals surface area contributed by atoms with Crippen LogP contribution >= 0.6 is 11.8 Å². The van der Waals surface area contributed by atoms with Crippen molar-refractivity contribution in [1.82, 2.24) is 4.42 Å². The molecule has 0 N–H and O–H groups in total. The smallest absolute Gasteiger partial charge is 0.119 e. The van der Waals surface area contributed by atoms with E-state index < -0.39 is 0 Å². The van der Waals surface area contributed by atoms with Gasteiger partial charge < -0.3 is 4.74 Å². The molecule has 0 fully saturated rings. The van der Waals surface area contributed by atoms with Crippen LogP contribution in [0.4, 0.5) is 0 Å². The largest absolute Gasteiger partial charge is 0.497 e. The minimum Gasteiger partial charge on any atom is -0.497 e. The molecule has 0 saturated carbocycles. The number of methoxy groups -OCH3 is 1. The predicted octanol–water partition coefficient (Wildman–Crippen LogP) is 2.60. The van der Waals surface area contributed by atoms with Crippen LogP contribution in [0.2, 0.25) is 0 Å². The normalized spacial score (nSPS) is 17.3. The van der Waals surface area contributed by atoms with Crippen LogP contribution in [0.15, 0.2) is 18.2 Å². The van der Waals surface area contributed by atoms with E-state index in [1.54, 1.807) is 7.11 Å². The molecule has 2 rings (SSSR count). The molecule has 0 unspecified atom stereocenters. The minimum atomic E-state index is 0.814. The molecule has 76 valence electrons. The summed E-state index contributed by atoms with van der Waals surface area (Å²) in [6, 6.07) is 6.24. The van der Waals surface area contributed by atoms with Gasteiger partial charge in [0.2, 0.25) is 0 Å². The second-order valence-electron chi connectivity index (χ2n) is 3.58. The van der Waals surface area contributed by atoms with E-state index >= 15 is 0 Å². The van der Waals surface area contributed by atoms with Crippen LogP contribution in [0, 0.1) is 0 Å². The van der Waals surface area contributed by atoms with Crippen LogP contribution in [0.3, 0.4) is 0 Å². The van der Waals surface area contributed by atoms with Gasteiger partial charge in [0.25, 0.3) is 0 Å². The number of hydrogen-bond donors (Lipinski definition) is 0. The Kier molecular flexibility index (Phi) is 2.94. The molecule has 1 aromatic carbocycles. The lowest BCUT2D eigenvalue weighted by Gasteiger charge is -2.11. The average molecular weight is 212 g/mol. The summed E-state index contributed by atoms with van der Waals surface area (Å²) in [5.74, 6) is 0.913. The maximum atomic E-state index is 6.04. The van der Waals surface area contributed by atoms with Crippen molar-refractivity contribution >= 4 is 11.8 Å². The number of fused-ring (bicyclic) bond motifs is 1. The van der Waals surface area contributed by atoms with E-state index in [1.165, 1.54) is 11.1 Å². The number of hydrogen-bond acceptors (Lipinski definition) is 2. The molecule has 1 aliphatic heterocycles. The molecule has 1 heterocycles. The molecule has 0 aromatic heterocycles. The third-order valence-electron chi connectivity index (χ3n) is 2.60. The van der Waals surface area contributed by atoms with E-state index in [0.717, 1.165) is 31.7 Å². The highest BCUT2D eigenvalue weighted by Crippen LogP contribution is 2.23. The van der Waals surface area contributed by atoms with Crippen LogP contribution in [-0.4, -0.2) is 18.1 Å². The lowest BCUT2D eigenvalue weighted by molar-refractivity contribution is 0.412. The summed E-state index contributed by atoms with van der Waals surface area (Å²) >= 11 is 6.04. The zero-order valence-electron chi connectivity index (χ0n) is 8.29. The van der Waals surface area contributed by atoms with E-state index in [9.17, 15) is 0 Å². The SMILES string of the molecule is COc1ccc2c(c1)CN(Cl)CCC2.